The maximum absolute atomic E-state index is 13.5. The smallest absolute Gasteiger partial charge is 0.459 e. The van der Waals surface area contributed by atoms with Gasteiger partial charge in [0.2, 0.25) is 5.72 Å². The van der Waals surface area contributed by atoms with Crippen LogP contribution in [0.25, 0.3) is 10.4 Å². The third-order valence-electron chi connectivity index (χ3n) is 5.32. The lowest BCUT2D eigenvalue weighted by molar-refractivity contribution is -0.140. The molecular weight excluding hydrogens is 560 g/mol. The molecule has 1 aromatic heterocycles. The first-order chi connectivity index (χ1) is 18.1. The van der Waals surface area contributed by atoms with Crippen LogP contribution in [-0.2, 0) is 24.8 Å². The van der Waals surface area contributed by atoms with Crippen LogP contribution in [0.5, 0.6) is 5.75 Å². The molecule has 0 spiro atoms. The molecule has 3 rings (SSSR count). The number of rotatable bonds is 10. The second kappa shape index (κ2) is 11.2. The molecule has 16 nitrogen and oxygen atoms in total. The number of halogens is 3. The van der Waals surface area contributed by atoms with E-state index in [2.05, 4.69) is 10.0 Å². The number of carboxylic acid groups (broad SMARTS) is 1. The number of alkyl halides is 3. The van der Waals surface area contributed by atoms with E-state index in [4.69, 9.17) is 19.3 Å². The summed E-state index contributed by atoms with van der Waals surface area (Å²) in [5, 5.41) is 35.4. The molecule has 0 amide bonds. The van der Waals surface area contributed by atoms with E-state index in [1.54, 1.807) is 0 Å². The van der Waals surface area contributed by atoms with Crippen LogP contribution in [-0.4, -0.2) is 61.4 Å². The molecule has 212 valence electrons. The van der Waals surface area contributed by atoms with Gasteiger partial charge in [-0.15, -0.1) is 0 Å². The molecule has 6 atom stereocenters. The number of benzene rings is 1. The zero-order valence-electron chi connectivity index (χ0n) is 19.5. The summed E-state index contributed by atoms with van der Waals surface area (Å²) in [6, 6.07) is 2.62. The second-order valence-corrected chi connectivity index (χ2v) is 9.73. The summed E-state index contributed by atoms with van der Waals surface area (Å²) in [5.74, 6) is -2.64. The molecule has 1 aliphatic heterocycles. The van der Waals surface area contributed by atoms with Crippen molar-refractivity contribution in [2.75, 3.05) is 6.61 Å². The monoisotopic (exact) mass is 580 g/mol. The van der Waals surface area contributed by atoms with Gasteiger partial charge in [-0.05, 0) is 24.6 Å². The Morgan fingerprint density at radius 1 is 1.36 bits per heavy atom. The van der Waals surface area contributed by atoms with Crippen molar-refractivity contribution in [3.05, 3.63) is 73.4 Å². The minimum Gasteiger partial charge on any atom is -0.480 e. The Bertz CT molecular complexity index is 1440. The minimum atomic E-state index is -5.12. The summed E-state index contributed by atoms with van der Waals surface area (Å²) in [6.07, 6.45) is -10.1. The first kappa shape index (κ1) is 29.9. The summed E-state index contributed by atoms with van der Waals surface area (Å²) in [4.78, 5) is 39.2. The van der Waals surface area contributed by atoms with Crippen molar-refractivity contribution in [2.24, 2.45) is 5.11 Å². The van der Waals surface area contributed by atoms with E-state index < -0.39 is 79.3 Å². The van der Waals surface area contributed by atoms with Crippen molar-refractivity contribution < 1.29 is 51.6 Å². The summed E-state index contributed by atoms with van der Waals surface area (Å²) < 4.78 is 69.9. The molecule has 39 heavy (non-hydrogen) atoms. The van der Waals surface area contributed by atoms with Crippen LogP contribution in [0.4, 0.5) is 13.2 Å². The van der Waals surface area contributed by atoms with Crippen LogP contribution in [0.2, 0.25) is 0 Å². The van der Waals surface area contributed by atoms with E-state index in [-0.39, 0.29) is 0 Å². The highest BCUT2D eigenvalue weighted by Crippen LogP contribution is 2.50. The predicted octanol–water partition coefficient (Wildman–Crippen LogP) is 1.08. The normalized spacial score (nSPS) is 25.3. The van der Waals surface area contributed by atoms with E-state index in [1.165, 1.54) is 0 Å². The standard InChI is InChI=1S/C19H20F3N6O10P/c1-9(16(32)33)25-39(35,38-11-5-3-2-4-10(11)19(20,21)22)36-8-18(26-27-23)14(31)13(30)15(37-18)28-7-6-12(29)24-17(28)34/h2-7,9,13-15,30-31H,8H2,1H3,(H,25,35)(H,32,33)(H,24,29,34)/t9-,13+,14-,15+,18+,39?/m0/s1. The van der Waals surface area contributed by atoms with Crippen LogP contribution in [0.3, 0.4) is 0 Å². The quantitative estimate of drug-likeness (QED) is 0.115. The largest absolute Gasteiger partial charge is 0.480 e. The van der Waals surface area contributed by atoms with E-state index in [1.807, 2.05) is 10.1 Å². The number of hydrogen-bond acceptors (Lipinski definition) is 10. The minimum absolute atomic E-state index is 0.592. The lowest BCUT2D eigenvalue weighted by Gasteiger charge is -2.29. The number of nitrogens with zero attached hydrogens (tertiary/aromatic N) is 4. The Hall–Kier alpha value is -3.70. The first-order valence-electron chi connectivity index (χ1n) is 10.6. The zero-order valence-corrected chi connectivity index (χ0v) is 20.4. The summed E-state index contributed by atoms with van der Waals surface area (Å²) >= 11 is 0. The van der Waals surface area contributed by atoms with Crippen molar-refractivity contribution in [1.29, 1.82) is 0 Å². The van der Waals surface area contributed by atoms with Crippen LogP contribution < -0.4 is 20.9 Å². The molecule has 1 fully saturated rings. The number of aliphatic hydroxyl groups excluding tert-OH is 2. The number of nitrogens with one attached hydrogen (secondary N) is 2. The Morgan fingerprint density at radius 3 is 2.62 bits per heavy atom. The molecule has 2 aromatic rings. The zero-order chi connectivity index (χ0) is 29.2. The van der Waals surface area contributed by atoms with Gasteiger partial charge in [-0.1, -0.05) is 17.2 Å². The molecule has 1 aliphatic rings. The molecular formula is C19H20F3N6O10P. The number of carbonyl (C=O) groups is 1. The molecule has 0 saturated carbocycles. The van der Waals surface area contributed by atoms with Gasteiger partial charge in [0.15, 0.2) is 6.23 Å². The summed E-state index contributed by atoms with van der Waals surface area (Å²) in [7, 11) is -5.12. The van der Waals surface area contributed by atoms with Gasteiger partial charge in [-0.25, -0.2) is 9.36 Å². The average molecular weight is 580 g/mol. The molecule has 1 unspecified atom stereocenters. The number of aliphatic hydroxyl groups is 2. The van der Waals surface area contributed by atoms with Gasteiger partial charge in [-0.2, -0.15) is 18.3 Å². The maximum atomic E-state index is 13.5. The van der Waals surface area contributed by atoms with Crippen molar-refractivity contribution in [3.63, 3.8) is 0 Å². The fourth-order valence-corrected chi connectivity index (χ4v) is 4.93. The number of ether oxygens (including phenoxy) is 1. The topological polar surface area (TPSA) is 238 Å². The SMILES string of the molecule is C[C@H](NP(=O)(OC[C@@]1(N=[N+]=[N-])O[C@@H](n2ccc(=O)[nH]c2=O)[C@H](O)[C@@H]1O)Oc1ccccc1C(F)(F)F)C(=O)O. The second-order valence-electron chi connectivity index (χ2n) is 8.04. The lowest BCUT2D eigenvalue weighted by atomic mass is 10.1. The van der Waals surface area contributed by atoms with Crippen molar-refractivity contribution in [2.45, 2.75) is 43.3 Å². The Balaban J connectivity index is 1.99. The first-order valence-corrected chi connectivity index (χ1v) is 12.2. The van der Waals surface area contributed by atoms with Gasteiger partial charge in [0, 0.05) is 17.2 Å². The van der Waals surface area contributed by atoms with Gasteiger partial charge in [0.05, 0.1) is 12.2 Å². The molecule has 20 heteroatoms. The van der Waals surface area contributed by atoms with E-state index in [9.17, 15) is 47.4 Å². The van der Waals surface area contributed by atoms with E-state index in [0.29, 0.717) is 10.6 Å². The van der Waals surface area contributed by atoms with Crippen molar-refractivity contribution in [3.8, 4) is 5.75 Å². The highest BCUT2D eigenvalue weighted by atomic mass is 31.2. The van der Waals surface area contributed by atoms with Gasteiger partial charge >= 0.3 is 25.6 Å². The summed E-state index contributed by atoms with van der Waals surface area (Å²) in [6.45, 7) is -0.335. The Kier molecular flexibility index (Phi) is 8.56. The van der Waals surface area contributed by atoms with Gasteiger partial charge in [0.1, 0.15) is 24.0 Å². The predicted molar refractivity (Wildman–Crippen MR) is 121 cm³/mol. The molecule has 0 aliphatic carbocycles. The van der Waals surface area contributed by atoms with Crippen molar-refractivity contribution >= 4 is 13.7 Å². The third-order valence-corrected chi connectivity index (χ3v) is 6.93. The van der Waals surface area contributed by atoms with Gasteiger partial charge < -0.3 is 24.6 Å². The molecule has 5 N–H and O–H groups in total. The Labute approximate surface area is 214 Å². The number of carboxylic acids is 1. The number of para-hydroxylation sites is 1. The molecule has 1 aromatic carbocycles. The van der Waals surface area contributed by atoms with Crippen LogP contribution in [0.15, 0.2) is 51.2 Å². The van der Waals surface area contributed by atoms with E-state index in [0.717, 1.165) is 37.4 Å². The third kappa shape index (κ3) is 6.48. The fraction of sp³-hybridized carbons (Fsp3) is 0.421. The highest BCUT2D eigenvalue weighted by Gasteiger charge is 2.56. The van der Waals surface area contributed by atoms with Crippen molar-refractivity contribution in [1.82, 2.24) is 14.6 Å². The number of aromatic amines is 1. The number of hydrogen-bond donors (Lipinski definition) is 5. The van der Waals surface area contributed by atoms with E-state index >= 15 is 0 Å². The number of aromatic nitrogens is 2. The fourth-order valence-electron chi connectivity index (χ4n) is 3.40. The average Bonchev–Trinajstić information content (AvgIpc) is 3.08. The Morgan fingerprint density at radius 2 is 2.03 bits per heavy atom. The molecule has 0 bridgehead atoms. The summed E-state index contributed by atoms with van der Waals surface area (Å²) in [5.41, 5.74) is 3.06. The molecule has 2 heterocycles. The number of H-pyrrole nitrogens is 1. The molecule has 1 saturated heterocycles. The number of azide groups is 1. The van der Waals surface area contributed by atoms with Gasteiger partial charge in [-0.3, -0.25) is 23.7 Å². The van der Waals surface area contributed by atoms with Crippen LogP contribution in [0, 0.1) is 0 Å². The lowest BCUT2D eigenvalue weighted by Crippen LogP contribution is -2.45. The molecule has 0 radical (unpaired) electrons. The number of aliphatic carboxylic acids is 1. The van der Waals surface area contributed by atoms with Crippen LogP contribution in [0.1, 0.15) is 18.7 Å². The van der Waals surface area contributed by atoms with Crippen LogP contribution >= 0.6 is 7.75 Å². The van der Waals surface area contributed by atoms with Gasteiger partial charge in [0.25, 0.3) is 5.56 Å². The highest BCUT2D eigenvalue weighted by molar-refractivity contribution is 7.52. The maximum Gasteiger partial charge on any atom is 0.459 e.